The predicted octanol–water partition coefficient (Wildman–Crippen LogP) is 2.05. The molecule has 0 bridgehead atoms. The van der Waals surface area contributed by atoms with Crippen LogP contribution in [0.5, 0.6) is 0 Å². The summed E-state index contributed by atoms with van der Waals surface area (Å²) in [5.74, 6) is 2.52. The van der Waals surface area contributed by atoms with Crippen molar-refractivity contribution in [2.75, 3.05) is 13.1 Å². The van der Waals surface area contributed by atoms with E-state index in [2.05, 4.69) is 22.4 Å². The molecular formula is C13H21N3O. The van der Waals surface area contributed by atoms with Gasteiger partial charge in [-0.25, -0.2) is 0 Å². The zero-order valence-electron chi connectivity index (χ0n) is 10.5. The van der Waals surface area contributed by atoms with Crippen molar-refractivity contribution in [3.63, 3.8) is 0 Å². The molecule has 0 radical (unpaired) electrons. The van der Waals surface area contributed by atoms with Crippen LogP contribution in [-0.2, 0) is 11.8 Å². The van der Waals surface area contributed by atoms with Gasteiger partial charge in [0.25, 0.3) is 0 Å². The summed E-state index contributed by atoms with van der Waals surface area (Å²) in [6.45, 7) is 4.50. The lowest BCUT2D eigenvalue weighted by molar-refractivity contribution is 0.194. The lowest BCUT2D eigenvalue weighted by Crippen LogP contribution is -2.31. The molecule has 0 atom stereocenters. The topological polar surface area (TPSA) is 51.0 Å². The minimum Gasteiger partial charge on any atom is -0.339 e. The number of rotatable bonds is 3. The SMILES string of the molecule is CC1(c2nc(CC3CCNCC3)no2)CCC1. The summed E-state index contributed by atoms with van der Waals surface area (Å²) in [6, 6.07) is 0. The van der Waals surface area contributed by atoms with Gasteiger partial charge in [0.15, 0.2) is 5.82 Å². The van der Waals surface area contributed by atoms with E-state index in [-0.39, 0.29) is 5.41 Å². The molecule has 0 aromatic carbocycles. The molecule has 2 heterocycles. The first-order valence-corrected chi connectivity index (χ1v) is 6.80. The average Bonchev–Trinajstić information content (AvgIpc) is 2.76. The summed E-state index contributed by atoms with van der Waals surface area (Å²) in [6.07, 6.45) is 7.15. The molecule has 1 aromatic heterocycles. The van der Waals surface area contributed by atoms with Crippen LogP contribution in [0.25, 0.3) is 0 Å². The van der Waals surface area contributed by atoms with Crippen molar-refractivity contribution in [1.29, 1.82) is 0 Å². The number of nitrogens with zero attached hydrogens (tertiary/aromatic N) is 2. The zero-order chi connectivity index (χ0) is 11.7. The van der Waals surface area contributed by atoms with Crippen molar-refractivity contribution in [3.8, 4) is 0 Å². The molecule has 1 aromatic rings. The maximum atomic E-state index is 5.44. The maximum Gasteiger partial charge on any atom is 0.232 e. The van der Waals surface area contributed by atoms with Gasteiger partial charge in [0.2, 0.25) is 5.89 Å². The lowest BCUT2D eigenvalue weighted by atomic mass is 9.70. The van der Waals surface area contributed by atoms with Crippen molar-refractivity contribution in [2.24, 2.45) is 5.92 Å². The molecule has 94 valence electrons. The number of aromatic nitrogens is 2. The number of hydrogen-bond donors (Lipinski definition) is 1. The van der Waals surface area contributed by atoms with Gasteiger partial charge in [-0.1, -0.05) is 18.5 Å². The Kier molecular flexibility index (Phi) is 2.90. The molecule has 1 saturated heterocycles. The fraction of sp³-hybridized carbons (Fsp3) is 0.846. The van der Waals surface area contributed by atoms with E-state index in [1.807, 2.05) is 0 Å². The van der Waals surface area contributed by atoms with Gasteiger partial charge in [0.1, 0.15) is 0 Å². The van der Waals surface area contributed by atoms with Crippen LogP contribution in [-0.4, -0.2) is 23.2 Å². The molecule has 2 aliphatic rings. The third-order valence-corrected chi connectivity index (χ3v) is 4.37. The molecule has 0 unspecified atom stereocenters. The Bertz CT molecular complexity index is 378. The molecule has 0 amide bonds. The summed E-state index contributed by atoms with van der Waals surface area (Å²) in [7, 11) is 0. The Hall–Kier alpha value is -0.900. The first-order valence-electron chi connectivity index (χ1n) is 6.80. The highest BCUT2D eigenvalue weighted by atomic mass is 16.5. The standard InChI is InChI=1S/C13H21N3O/c1-13(5-2-6-13)12-15-11(16-17-12)9-10-3-7-14-8-4-10/h10,14H,2-9H2,1H3. The third kappa shape index (κ3) is 2.23. The second-order valence-electron chi connectivity index (χ2n) is 5.83. The van der Waals surface area contributed by atoms with E-state index >= 15 is 0 Å². The van der Waals surface area contributed by atoms with E-state index in [0.29, 0.717) is 0 Å². The molecule has 0 spiro atoms. The third-order valence-electron chi connectivity index (χ3n) is 4.37. The molecule has 1 aliphatic heterocycles. The fourth-order valence-corrected chi connectivity index (χ4v) is 2.85. The number of nitrogens with one attached hydrogen (secondary N) is 1. The summed E-state index contributed by atoms with van der Waals surface area (Å²) < 4.78 is 5.44. The number of piperidine rings is 1. The van der Waals surface area contributed by atoms with Gasteiger partial charge in [0.05, 0.1) is 0 Å². The van der Waals surface area contributed by atoms with Gasteiger partial charge in [-0.15, -0.1) is 0 Å². The molecule has 3 rings (SSSR count). The maximum absolute atomic E-state index is 5.44. The zero-order valence-corrected chi connectivity index (χ0v) is 10.5. The monoisotopic (exact) mass is 235 g/mol. The van der Waals surface area contributed by atoms with E-state index in [1.165, 1.54) is 32.1 Å². The van der Waals surface area contributed by atoms with Crippen molar-refractivity contribution in [3.05, 3.63) is 11.7 Å². The van der Waals surface area contributed by atoms with Gasteiger partial charge in [-0.2, -0.15) is 4.98 Å². The Morgan fingerprint density at radius 3 is 2.76 bits per heavy atom. The van der Waals surface area contributed by atoms with Gasteiger partial charge in [-0.3, -0.25) is 0 Å². The van der Waals surface area contributed by atoms with Crippen molar-refractivity contribution in [1.82, 2.24) is 15.5 Å². The van der Waals surface area contributed by atoms with Crippen molar-refractivity contribution >= 4 is 0 Å². The van der Waals surface area contributed by atoms with Crippen LogP contribution < -0.4 is 5.32 Å². The predicted molar refractivity (Wildman–Crippen MR) is 64.8 cm³/mol. The molecule has 1 N–H and O–H groups in total. The van der Waals surface area contributed by atoms with Crippen LogP contribution in [0.1, 0.15) is 50.7 Å². The fourth-order valence-electron chi connectivity index (χ4n) is 2.85. The van der Waals surface area contributed by atoms with Gasteiger partial charge >= 0.3 is 0 Å². The smallest absolute Gasteiger partial charge is 0.232 e. The molecule has 2 fully saturated rings. The first-order chi connectivity index (χ1) is 8.26. The highest BCUT2D eigenvalue weighted by molar-refractivity contribution is 5.08. The van der Waals surface area contributed by atoms with E-state index in [4.69, 9.17) is 4.52 Å². The average molecular weight is 235 g/mol. The lowest BCUT2D eigenvalue weighted by Gasteiger charge is -2.34. The molecular weight excluding hydrogens is 214 g/mol. The molecule has 17 heavy (non-hydrogen) atoms. The normalized spacial score (nSPS) is 24.5. The molecule has 4 heteroatoms. The highest BCUT2D eigenvalue weighted by Gasteiger charge is 2.39. The largest absolute Gasteiger partial charge is 0.339 e. The van der Waals surface area contributed by atoms with Crippen LogP contribution in [0.15, 0.2) is 4.52 Å². The number of hydrogen-bond acceptors (Lipinski definition) is 4. The Balaban J connectivity index is 1.63. The van der Waals surface area contributed by atoms with Crippen LogP contribution in [0, 0.1) is 5.92 Å². The van der Waals surface area contributed by atoms with Gasteiger partial charge in [0, 0.05) is 11.8 Å². The second kappa shape index (κ2) is 4.41. The van der Waals surface area contributed by atoms with Crippen LogP contribution in [0.2, 0.25) is 0 Å². The Labute approximate surface area is 102 Å². The summed E-state index contributed by atoms with van der Waals surface area (Å²) in [4.78, 5) is 4.60. The van der Waals surface area contributed by atoms with E-state index in [0.717, 1.165) is 37.1 Å². The quantitative estimate of drug-likeness (QED) is 0.871. The minimum absolute atomic E-state index is 0.180. The van der Waals surface area contributed by atoms with Crippen LogP contribution in [0.4, 0.5) is 0 Å². The van der Waals surface area contributed by atoms with Crippen molar-refractivity contribution in [2.45, 2.75) is 50.9 Å². The summed E-state index contributed by atoms with van der Waals surface area (Å²) in [5.41, 5.74) is 0.180. The van der Waals surface area contributed by atoms with Crippen LogP contribution >= 0.6 is 0 Å². The molecule has 1 saturated carbocycles. The van der Waals surface area contributed by atoms with Crippen LogP contribution in [0.3, 0.4) is 0 Å². The summed E-state index contributed by atoms with van der Waals surface area (Å²) in [5, 5.41) is 7.54. The van der Waals surface area contributed by atoms with Gasteiger partial charge in [-0.05, 0) is 44.7 Å². The van der Waals surface area contributed by atoms with E-state index in [1.54, 1.807) is 0 Å². The summed E-state index contributed by atoms with van der Waals surface area (Å²) >= 11 is 0. The highest BCUT2D eigenvalue weighted by Crippen LogP contribution is 2.42. The second-order valence-corrected chi connectivity index (χ2v) is 5.83. The molecule has 4 nitrogen and oxygen atoms in total. The van der Waals surface area contributed by atoms with Gasteiger partial charge < -0.3 is 9.84 Å². The molecule has 1 aliphatic carbocycles. The Morgan fingerprint density at radius 1 is 1.35 bits per heavy atom. The Morgan fingerprint density at radius 2 is 2.12 bits per heavy atom. The minimum atomic E-state index is 0.180. The van der Waals surface area contributed by atoms with Crippen molar-refractivity contribution < 1.29 is 4.52 Å². The van der Waals surface area contributed by atoms with E-state index < -0.39 is 0 Å². The first kappa shape index (κ1) is 11.2. The van der Waals surface area contributed by atoms with E-state index in [9.17, 15) is 0 Å².